The van der Waals surface area contributed by atoms with E-state index in [1.165, 1.54) is 38.5 Å². The molecule has 51 heavy (non-hydrogen) atoms. The first-order valence-corrected chi connectivity index (χ1v) is 17.1. The van der Waals surface area contributed by atoms with Gasteiger partial charge in [-0.25, -0.2) is 4.98 Å². The van der Waals surface area contributed by atoms with Crippen LogP contribution in [0.3, 0.4) is 0 Å². The molecule has 0 saturated heterocycles. The van der Waals surface area contributed by atoms with Gasteiger partial charge in [0.2, 0.25) is 0 Å². The molecule has 1 aliphatic rings. The Morgan fingerprint density at radius 2 is 1.41 bits per heavy atom. The van der Waals surface area contributed by atoms with E-state index in [4.69, 9.17) is 9.72 Å². The second kappa shape index (κ2) is 12.5. The van der Waals surface area contributed by atoms with Crippen molar-refractivity contribution in [1.82, 2.24) is 14.0 Å². The molecule has 8 aromatic rings. The quantitative estimate of drug-likeness (QED) is 0.0983. The summed E-state index contributed by atoms with van der Waals surface area (Å²) in [5.41, 5.74) is 9.06. The van der Waals surface area contributed by atoms with Gasteiger partial charge in [0, 0.05) is 66.1 Å². The summed E-state index contributed by atoms with van der Waals surface area (Å²) in [4.78, 5) is 4.81. The van der Waals surface area contributed by atoms with E-state index in [9.17, 15) is 0 Å². The Hall–Kier alpha value is -5.19. The first-order valence-electron chi connectivity index (χ1n) is 17.1. The van der Waals surface area contributed by atoms with Gasteiger partial charge in [0.25, 0.3) is 0 Å². The van der Waals surface area contributed by atoms with Crippen LogP contribution in [0.1, 0.15) is 37.5 Å². The SMILES string of the molecule is Cc1cccc2c3cccc(C)c3n(B3[C-]=[N+](c4[c-]c(Oc5[c-]c6c(cc5)c5ccccc5n6-c5cc(C(C)(C)C)ccn5)ccc4)C=C3)c12.[Pt]. The normalized spacial score (nSPS) is 13.0. The molecule has 0 aliphatic carbocycles. The van der Waals surface area contributed by atoms with Gasteiger partial charge in [0.15, 0.2) is 0 Å². The summed E-state index contributed by atoms with van der Waals surface area (Å²) in [6.07, 6.45) is 7.67. The summed E-state index contributed by atoms with van der Waals surface area (Å²) in [5, 5.41) is 4.78. The van der Waals surface area contributed by atoms with Crippen molar-refractivity contribution in [3.8, 4) is 17.3 Å². The van der Waals surface area contributed by atoms with Crippen molar-refractivity contribution >= 4 is 62.3 Å². The van der Waals surface area contributed by atoms with Crippen molar-refractivity contribution < 1.29 is 30.4 Å². The zero-order valence-corrected chi connectivity index (χ0v) is 31.4. The van der Waals surface area contributed by atoms with Crippen molar-refractivity contribution in [2.75, 3.05) is 0 Å². The van der Waals surface area contributed by atoms with Gasteiger partial charge in [-0.15, -0.1) is 29.7 Å². The molecule has 4 heterocycles. The molecule has 5 aromatic carbocycles. The number of fused-ring (bicyclic) bond motifs is 6. The fraction of sp³-hybridized carbons (Fsp3) is 0.136. The van der Waals surface area contributed by atoms with Gasteiger partial charge in [-0.1, -0.05) is 86.9 Å². The minimum Gasteiger partial charge on any atom is -0.510 e. The summed E-state index contributed by atoms with van der Waals surface area (Å²) in [5.74, 6) is 4.28. The first kappa shape index (κ1) is 33.0. The molecule has 0 atom stereocenters. The number of aryl methyl sites for hydroxylation is 2. The van der Waals surface area contributed by atoms with E-state index < -0.39 is 0 Å². The second-order valence-corrected chi connectivity index (χ2v) is 14.2. The van der Waals surface area contributed by atoms with E-state index in [0.717, 1.165) is 33.3 Å². The van der Waals surface area contributed by atoms with E-state index in [-0.39, 0.29) is 33.3 Å². The summed E-state index contributed by atoms with van der Waals surface area (Å²) >= 11 is 0. The molecule has 3 aromatic heterocycles. The average Bonchev–Trinajstić information content (AvgIpc) is 3.82. The van der Waals surface area contributed by atoms with Crippen LogP contribution in [0.25, 0.3) is 49.4 Å². The van der Waals surface area contributed by atoms with E-state index in [1.807, 2.05) is 35.0 Å². The third kappa shape index (κ3) is 5.54. The molecular formula is C44H35BN4OPt-2. The predicted octanol–water partition coefficient (Wildman–Crippen LogP) is 10.3. The molecule has 1 aliphatic heterocycles. The Bertz CT molecular complexity index is 2650. The predicted molar refractivity (Wildman–Crippen MR) is 206 cm³/mol. The average molecular weight is 842 g/mol. The van der Waals surface area contributed by atoms with Gasteiger partial charge in [0.1, 0.15) is 5.82 Å². The van der Waals surface area contributed by atoms with Crippen LogP contribution in [-0.2, 0) is 26.5 Å². The molecular weight excluding hydrogens is 806 g/mol. The molecule has 0 N–H and O–H groups in total. The van der Waals surface area contributed by atoms with Crippen LogP contribution in [0, 0.1) is 26.0 Å². The number of hydrogen-bond donors (Lipinski definition) is 0. The number of ether oxygens (including phenoxy) is 1. The van der Waals surface area contributed by atoms with Crippen molar-refractivity contribution in [3.05, 3.63) is 150 Å². The fourth-order valence-corrected chi connectivity index (χ4v) is 7.41. The largest absolute Gasteiger partial charge is 0.510 e. The molecule has 0 radical (unpaired) electrons. The minimum atomic E-state index is -0.0711. The molecule has 0 saturated carbocycles. The Morgan fingerprint density at radius 1 is 0.725 bits per heavy atom. The van der Waals surface area contributed by atoms with Crippen LogP contribution >= 0.6 is 0 Å². The van der Waals surface area contributed by atoms with Crippen molar-refractivity contribution in [2.24, 2.45) is 0 Å². The second-order valence-electron chi connectivity index (χ2n) is 14.2. The van der Waals surface area contributed by atoms with E-state index in [0.29, 0.717) is 11.5 Å². The maximum absolute atomic E-state index is 6.47. The summed E-state index contributed by atoms with van der Waals surface area (Å²) in [6.45, 7) is 11.0. The summed E-state index contributed by atoms with van der Waals surface area (Å²) in [7, 11) is 0. The maximum atomic E-state index is 6.47. The molecule has 0 amide bonds. The smallest absolute Gasteiger partial charge is 0.309 e. The van der Waals surface area contributed by atoms with Crippen LogP contribution in [0.2, 0.25) is 0 Å². The van der Waals surface area contributed by atoms with Crippen LogP contribution in [0.5, 0.6) is 11.5 Å². The number of hydrogen-bond acceptors (Lipinski definition) is 2. The Kier molecular flexibility index (Phi) is 8.11. The van der Waals surface area contributed by atoms with E-state index >= 15 is 0 Å². The fourth-order valence-electron chi connectivity index (χ4n) is 7.41. The van der Waals surface area contributed by atoms with Gasteiger partial charge in [-0.3, -0.25) is 0 Å². The van der Waals surface area contributed by atoms with E-state index in [1.54, 1.807) is 0 Å². The molecule has 5 nitrogen and oxygen atoms in total. The van der Waals surface area contributed by atoms with Crippen LogP contribution < -0.4 is 4.74 Å². The number of pyridine rings is 1. The standard InChI is InChI=1S/C44H35BN4O.Pt/c1-29-11-8-16-37-38-17-9-12-30(2)43(38)49(42(29)37)45-22-24-47(28-45)32-13-10-14-33(26-32)50-34-19-20-36-35-15-6-7-18-39(35)48(40(36)27-34)41-25-31(21-23-46-41)44(3,4)5;/h6-25H,1-5H3;/q-2;. The molecule has 0 bridgehead atoms. The molecule has 0 unspecified atom stereocenters. The zero-order valence-electron chi connectivity index (χ0n) is 29.1. The minimum absolute atomic E-state index is 0. The Morgan fingerprint density at radius 3 is 2.16 bits per heavy atom. The molecule has 0 fully saturated rings. The third-order valence-electron chi connectivity index (χ3n) is 9.84. The number of nitrogens with zero attached hydrogens (tertiary/aromatic N) is 4. The van der Waals surface area contributed by atoms with Gasteiger partial charge in [-0.2, -0.15) is 18.2 Å². The Labute approximate surface area is 312 Å². The molecule has 252 valence electrons. The van der Waals surface area contributed by atoms with Crippen molar-refractivity contribution in [1.29, 1.82) is 0 Å². The number of para-hydroxylation sites is 3. The Balaban J connectivity index is 0.00000374. The zero-order chi connectivity index (χ0) is 34.1. The topological polar surface area (TPSA) is 35.0 Å². The maximum Gasteiger partial charge on any atom is 0.309 e. The molecule has 7 heteroatoms. The van der Waals surface area contributed by atoms with Gasteiger partial charge in [-0.05, 0) is 65.2 Å². The van der Waals surface area contributed by atoms with Gasteiger partial charge < -0.3 is 18.4 Å². The number of rotatable bonds is 5. The van der Waals surface area contributed by atoms with E-state index in [2.05, 4.69) is 153 Å². The van der Waals surface area contributed by atoms with Crippen molar-refractivity contribution in [3.63, 3.8) is 0 Å². The summed E-state index contributed by atoms with van der Waals surface area (Å²) < 4.78 is 13.1. The van der Waals surface area contributed by atoms with Gasteiger partial charge in [0.05, 0.1) is 12.3 Å². The first-order chi connectivity index (χ1) is 24.2. The van der Waals surface area contributed by atoms with Gasteiger partial charge >= 0.3 is 6.85 Å². The summed E-state index contributed by atoms with van der Waals surface area (Å²) in [6, 6.07) is 42.9. The monoisotopic (exact) mass is 841 g/mol. The number of benzene rings is 5. The molecule has 9 rings (SSSR count). The van der Waals surface area contributed by atoms with Crippen LogP contribution in [-0.4, -0.2) is 31.6 Å². The molecule has 0 spiro atoms. The van der Waals surface area contributed by atoms with Crippen LogP contribution in [0.15, 0.2) is 122 Å². The van der Waals surface area contributed by atoms with Crippen LogP contribution in [0.4, 0.5) is 5.69 Å². The third-order valence-corrected chi connectivity index (χ3v) is 9.84. The number of aromatic nitrogens is 3. The van der Waals surface area contributed by atoms with Crippen molar-refractivity contribution in [2.45, 2.75) is 40.0 Å².